The molecule has 2 rings (SSSR count). The van der Waals surface area contributed by atoms with Gasteiger partial charge in [0, 0.05) is 11.8 Å². The Balaban J connectivity index is 1.92. The fraction of sp³-hybridized carbons (Fsp3) is 0.667. The Morgan fingerprint density at radius 2 is 2.26 bits per heavy atom. The number of aliphatic imine (C=N–C) groups is 1. The summed E-state index contributed by atoms with van der Waals surface area (Å²) in [5, 5.41) is 9.08. The summed E-state index contributed by atoms with van der Waals surface area (Å²) in [6.07, 6.45) is 2.27. The third-order valence-electron chi connectivity index (χ3n) is 3.39. The van der Waals surface area contributed by atoms with E-state index < -0.39 is 0 Å². The number of thiophene rings is 1. The van der Waals surface area contributed by atoms with Gasteiger partial charge in [-0.2, -0.15) is 11.3 Å². The number of amidine groups is 1. The molecule has 0 bridgehead atoms. The second-order valence-corrected chi connectivity index (χ2v) is 8.20. The number of rotatable bonds is 3. The number of nitrogens with zero attached hydrogens (tertiary/aromatic N) is 1. The molecule has 2 nitrogen and oxygen atoms in total. The van der Waals surface area contributed by atoms with Gasteiger partial charge in [0.1, 0.15) is 0 Å². The summed E-state index contributed by atoms with van der Waals surface area (Å²) in [5.74, 6) is 1.18. The van der Waals surface area contributed by atoms with Gasteiger partial charge >= 0.3 is 0 Å². The molecule has 0 aliphatic carbocycles. The van der Waals surface area contributed by atoms with Crippen molar-refractivity contribution in [2.45, 2.75) is 52.6 Å². The molecule has 1 aliphatic rings. The molecule has 106 valence electrons. The van der Waals surface area contributed by atoms with Gasteiger partial charge in [0.15, 0.2) is 5.17 Å². The van der Waals surface area contributed by atoms with Crippen LogP contribution in [0.15, 0.2) is 21.8 Å². The minimum absolute atomic E-state index is 0.268. The highest BCUT2D eigenvalue weighted by molar-refractivity contribution is 8.13. The maximum absolute atomic E-state index is 4.89. The molecule has 2 unspecified atom stereocenters. The Bertz CT molecular complexity index is 418. The Kier molecular flexibility index (Phi) is 4.96. The maximum Gasteiger partial charge on any atom is 0.157 e. The molecule has 1 aromatic rings. The van der Waals surface area contributed by atoms with Crippen LogP contribution in [0.1, 0.15) is 39.7 Å². The summed E-state index contributed by atoms with van der Waals surface area (Å²) in [5.41, 5.74) is 1.68. The van der Waals surface area contributed by atoms with E-state index in [0.717, 1.165) is 11.6 Å². The predicted molar refractivity (Wildman–Crippen MR) is 88.4 cm³/mol. The van der Waals surface area contributed by atoms with E-state index in [-0.39, 0.29) is 5.41 Å². The van der Waals surface area contributed by atoms with E-state index in [1.165, 1.54) is 17.7 Å². The molecular weight excluding hydrogens is 272 g/mol. The van der Waals surface area contributed by atoms with Crippen LogP contribution in [0.5, 0.6) is 0 Å². The standard InChI is InChI=1S/C15H24N2S2/c1-11(9-12-5-7-18-10-12)16-14-17-13(6-8-19-14)15(2,3)4/h5,7,10-11,13H,6,8-9H2,1-4H3,(H,16,17). The van der Waals surface area contributed by atoms with E-state index in [2.05, 4.69) is 49.8 Å². The summed E-state index contributed by atoms with van der Waals surface area (Å²) < 4.78 is 0. The Morgan fingerprint density at radius 3 is 2.89 bits per heavy atom. The number of hydrogen-bond donors (Lipinski definition) is 1. The topological polar surface area (TPSA) is 24.4 Å². The van der Waals surface area contributed by atoms with Gasteiger partial charge in [0.05, 0.1) is 6.04 Å². The van der Waals surface area contributed by atoms with Crippen LogP contribution in [0.2, 0.25) is 0 Å². The van der Waals surface area contributed by atoms with Crippen LogP contribution >= 0.6 is 23.1 Å². The SMILES string of the molecule is CC(Cc1ccsc1)NC1=NC(C(C)(C)C)CCS1. The molecule has 1 aliphatic heterocycles. The Labute approximate surface area is 125 Å². The van der Waals surface area contributed by atoms with Gasteiger partial charge in [-0.3, -0.25) is 4.99 Å². The zero-order valence-corrected chi connectivity index (χ0v) is 13.9. The van der Waals surface area contributed by atoms with E-state index in [1.54, 1.807) is 11.3 Å². The van der Waals surface area contributed by atoms with Crippen LogP contribution in [-0.2, 0) is 6.42 Å². The molecule has 0 saturated heterocycles. The first-order chi connectivity index (χ1) is 8.95. The smallest absolute Gasteiger partial charge is 0.157 e. The van der Waals surface area contributed by atoms with Gasteiger partial charge < -0.3 is 5.32 Å². The molecule has 1 aromatic heterocycles. The van der Waals surface area contributed by atoms with Crippen LogP contribution in [0, 0.1) is 5.41 Å². The maximum atomic E-state index is 4.89. The second-order valence-electron chi connectivity index (χ2n) is 6.33. The van der Waals surface area contributed by atoms with E-state index in [0.29, 0.717) is 12.1 Å². The minimum atomic E-state index is 0.268. The monoisotopic (exact) mass is 296 g/mol. The number of hydrogen-bond acceptors (Lipinski definition) is 4. The molecule has 0 amide bonds. The van der Waals surface area contributed by atoms with E-state index in [4.69, 9.17) is 4.99 Å². The fourth-order valence-corrected chi connectivity index (χ4v) is 3.94. The van der Waals surface area contributed by atoms with Crippen LogP contribution < -0.4 is 5.32 Å². The third-order valence-corrected chi connectivity index (χ3v) is 5.06. The van der Waals surface area contributed by atoms with Crippen LogP contribution in [0.4, 0.5) is 0 Å². The van der Waals surface area contributed by atoms with Crippen molar-refractivity contribution in [1.82, 2.24) is 5.32 Å². The lowest BCUT2D eigenvalue weighted by atomic mass is 9.85. The molecule has 0 saturated carbocycles. The van der Waals surface area contributed by atoms with Crippen molar-refractivity contribution in [3.63, 3.8) is 0 Å². The van der Waals surface area contributed by atoms with Crippen LogP contribution in [0.3, 0.4) is 0 Å². The average molecular weight is 297 g/mol. The largest absolute Gasteiger partial charge is 0.362 e. The molecule has 19 heavy (non-hydrogen) atoms. The fourth-order valence-electron chi connectivity index (χ4n) is 2.24. The minimum Gasteiger partial charge on any atom is -0.362 e. The molecule has 0 radical (unpaired) electrons. The molecule has 2 atom stereocenters. The molecular formula is C15H24N2S2. The van der Waals surface area contributed by atoms with Gasteiger partial charge in [-0.15, -0.1) is 0 Å². The van der Waals surface area contributed by atoms with Crippen molar-refractivity contribution in [3.8, 4) is 0 Å². The van der Waals surface area contributed by atoms with Crippen molar-refractivity contribution >= 4 is 28.3 Å². The molecule has 2 heterocycles. The van der Waals surface area contributed by atoms with Crippen molar-refractivity contribution in [2.24, 2.45) is 10.4 Å². The van der Waals surface area contributed by atoms with E-state index in [1.807, 2.05) is 11.8 Å². The number of nitrogens with one attached hydrogen (secondary N) is 1. The summed E-state index contributed by atoms with van der Waals surface area (Å²) in [4.78, 5) is 4.89. The lowest BCUT2D eigenvalue weighted by molar-refractivity contribution is 0.315. The first-order valence-electron chi connectivity index (χ1n) is 6.93. The highest BCUT2D eigenvalue weighted by Crippen LogP contribution is 2.30. The molecule has 0 fully saturated rings. The highest BCUT2D eigenvalue weighted by atomic mass is 32.2. The summed E-state index contributed by atoms with van der Waals surface area (Å²) >= 11 is 3.63. The average Bonchev–Trinajstić information content (AvgIpc) is 2.80. The van der Waals surface area contributed by atoms with Gasteiger partial charge in [-0.1, -0.05) is 32.5 Å². The third kappa shape index (κ3) is 4.53. The van der Waals surface area contributed by atoms with Crippen molar-refractivity contribution in [1.29, 1.82) is 0 Å². The zero-order valence-electron chi connectivity index (χ0n) is 12.3. The lowest BCUT2D eigenvalue weighted by Gasteiger charge is -2.31. The van der Waals surface area contributed by atoms with E-state index in [9.17, 15) is 0 Å². The van der Waals surface area contributed by atoms with Gasteiger partial charge in [-0.25, -0.2) is 0 Å². The van der Waals surface area contributed by atoms with Gasteiger partial charge in [-0.05, 0) is 47.6 Å². The van der Waals surface area contributed by atoms with Gasteiger partial charge in [0.2, 0.25) is 0 Å². The summed E-state index contributed by atoms with van der Waals surface area (Å²) in [6, 6.07) is 3.10. The zero-order chi connectivity index (χ0) is 13.9. The molecule has 0 aromatic carbocycles. The Morgan fingerprint density at radius 1 is 1.47 bits per heavy atom. The normalized spacial score (nSPS) is 21.9. The van der Waals surface area contributed by atoms with Crippen molar-refractivity contribution in [3.05, 3.63) is 22.4 Å². The first-order valence-corrected chi connectivity index (χ1v) is 8.86. The molecule has 4 heteroatoms. The first kappa shape index (κ1) is 14.9. The second kappa shape index (κ2) is 6.31. The quantitative estimate of drug-likeness (QED) is 0.905. The van der Waals surface area contributed by atoms with Crippen molar-refractivity contribution in [2.75, 3.05) is 5.75 Å². The Hall–Kier alpha value is -0.480. The molecule has 0 spiro atoms. The lowest BCUT2D eigenvalue weighted by Crippen LogP contribution is -2.37. The summed E-state index contributed by atoms with van der Waals surface area (Å²) in [7, 11) is 0. The predicted octanol–water partition coefficient (Wildman–Crippen LogP) is 4.18. The number of thioether (sulfide) groups is 1. The van der Waals surface area contributed by atoms with Crippen molar-refractivity contribution < 1.29 is 0 Å². The van der Waals surface area contributed by atoms with E-state index >= 15 is 0 Å². The van der Waals surface area contributed by atoms with Gasteiger partial charge in [0.25, 0.3) is 0 Å². The van der Waals surface area contributed by atoms with Crippen LogP contribution in [0.25, 0.3) is 0 Å². The molecule has 1 N–H and O–H groups in total. The summed E-state index contributed by atoms with van der Waals surface area (Å²) in [6.45, 7) is 9.08. The highest BCUT2D eigenvalue weighted by Gasteiger charge is 2.27. The van der Waals surface area contributed by atoms with Crippen LogP contribution in [-0.4, -0.2) is 23.0 Å².